The molecule has 3 rings (SSSR count). The fourth-order valence-corrected chi connectivity index (χ4v) is 3.04. The smallest absolute Gasteiger partial charge is 0.493 e. The first-order valence-corrected chi connectivity index (χ1v) is 9.93. The largest absolute Gasteiger partial charge is 0.514 e. The summed E-state index contributed by atoms with van der Waals surface area (Å²) >= 11 is 0. The number of ether oxygens (including phenoxy) is 3. The lowest BCUT2D eigenvalue weighted by Crippen LogP contribution is -2.29. The molecule has 0 saturated carbocycles. The van der Waals surface area contributed by atoms with Crippen LogP contribution >= 0.6 is 0 Å². The molecule has 1 amide bonds. The van der Waals surface area contributed by atoms with Gasteiger partial charge in [0, 0.05) is 17.8 Å². The number of hydrogen-bond donors (Lipinski definition) is 1. The lowest BCUT2D eigenvalue weighted by Gasteiger charge is -2.14. The van der Waals surface area contributed by atoms with Crippen LogP contribution in [0.2, 0.25) is 0 Å². The van der Waals surface area contributed by atoms with Gasteiger partial charge in [0.1, 0.15) is 0 Å². The number of carbonyl (C=O) groups is 2. The summed E-state index contributed by atoms with van der Waals surface area (Å²) in [5, 5.41) is 6.70. The fraction of sp³-hybridized carbons (Fsp3) is 0.318. The molecular formula is C22H24N4O6. The number of amides is 1. The van der Waals surface area contributed by atoms with Crippen LogP contribution in [0.15, 0.2) is 35.0 Å². The number of nitrogens with one attached hydrogen (secondary N) is 1. The highest BCUT2D eigenvalue weighted by molar-refractivity contribution is 5.96. The molecule has 10 heteroatoms. The zero-order valence-electron chi connectivity index (χ0n) is 18.5. The van der Waals surface area contributed by atoms with E-state index in [2.05, 4.69) is 20.4 Å². The maximum Gasteiger partial charge on any atom is 0.514 e. The van der Waals surface area contributed by atoms with E-state index < -0.39 is 18.1 Å². The van der Waals surface area contributed by atoms with Crippen molar-refractivity contribution in [3.05, 3.63) is 53.1 Å². The first-order chi connectivity index (χ1) is 15.3. The van der Waals surface area contributed by atoms with Gasteiger partial charge in [-0.25, -0.2) is 9.78 Å². The average Bonchev–Trinajstić information content (AvgIpc) is 3.24. The van der Waals surface area contributed by atoms with Crippen molar-refractivity contribution in [2.45, 2.75) is 33.7 Å². The Labute approximate surface area is 184 Å². The van der Waals surface area contributed by atoms with E-state index in [0.29, 0.717) is 5.89 Å². The first kappa shape index (κ1) is 22.7. The minimum atomic E-state index is -0.975. The van der Waals surface area contributed by atoms with Crippen LogP contribution in [-0.4, -0.2) is 40.9 Å². The van der Waals surface area contributed by atoms with Gasteiger partial charge in [-0.15, -0.1) is 0 Å². The summed E-state index contributed by atoms with van der Waals surface area (Å²) in [5.74, 6) is 0.0140. The van der Waals surface area contributed by atoms with Crippen molar-refractivity contribution >= 4 is 12.1 Å². The predicted molar refractivity (Wildman–Crippen MR) is 114 cm³/mol. The summed E-state index contributed by atoms with van der Waals surface area (Å²) in [6, 6.07) is 6.76. The number of benzene rings is 1. The van der Waals surface area contributed by atoms with Gasteiger partial charge in [-0.05, 0) is 39.8 Å². The Hall–Kier alpha value is -3.95. The molecule has 0 aliphatic heterocycles. The van der Waals surface area contributed by atoms with Gasteiger partial charge < -0.3 is 24.1 Å². The summed E-state index contributed by atoms with van der Waals surface area (Å²) in [5.41, 5.74) is 2.78. The van der Waals surface area contributed by atoms with Gasteiger partial charge in [0.25, 0.3) is 11.8 Å². The highest BCUT2D eigenvalue weighted by Crippen LogP contribution is 2.30. The summed E-state index contributed by atoms with van der Waals surface area (Å²) in [6.07, 6.45) is 0.389. The molecule has 0 fully saturated rings. The lowest BCUT2D eigenvalue weighted by molar-refractivity contribution is 0.0914. The van der Waals surface area contributed by atoms with Crippen molar-refractivity contribution in [2.24, 2.45) is 0 Å². The maximum atomic E-state index is 12.9. The minimum absolute atomic E-state index is 0.112. The second-order valence-electron chi connectivity index (χ2n) is 7.01. The third-order valence-corrected chi connectivity index (χ3v) is 4.40. The van der Waals surface area contributed by atoms with E-state index in [1.54, 1.807) is 13.8 Å². The summed E-state index contributed by atoms with van der Waals surface area (Å²) in [7, 11) is 1.38. The second-order valence-corrected chi connectivity index (χ2v) is 7.01. The monoisotopic (exact) mass is 440 g/mol. The minimum Gasteiger partial charge on any atom is -0.493 e. The number of hydrogen-bond acceptors (Lipinski definition) is 9. The standard InChI is InChI=1S/C22H24N4O6/c1-6-30-22(28)31-18-16(29-5)7-8-23-17(18)20(27)24-14(4)19-25-21(32-26-19)15-10-12(2)9-13(3)11-15/h7-11,14H,6H2,1-5H3,(H,24,27)/t14-/m0/s1. The molecule has 1 aromatic carbocycles. The molecule has 1 N–H and O–H groups in total. The molecular weight excluding hydrogens is 416 g/mol. The second kappa shape index (κ2) is 9.90. The Bertz CT molecular complexity index is 1110. The molecule has 2 aromatic heterocycles. The van der Waals surface area contributed by atoms with Gasteiger partial charge in [0.05, 0.1) is 19.8 Å². The number of methoxy groups -OCH3 is 1. The van der Waals surface area contributed by atoms with Gasteiger partial charge >= 0.3 is 6.16 Å². The van der Waals surface area contributed by atoms with Crippen LogP contribution in [0.4, 0.5) is 4.79 Å². The molecule has 0 aliphatic rings. The van der Waals surface area contributed by atoms with Gasteiger partial charge in [0.15, 0.2) is 17.3 Å². The maximum absolute atomic E-state index is 12.9. The Balaban J connectivity index is 1.80. The van der Waals surface area contributed by atoms with Crippen molar-refractivity contribution in [1.29, 1.82) is 0 Å². The molecule has 0 radical (unpaired) electrons. The molecule has 0 spiro atoms. The summed E-state index contributed by atoms with van der Waals surface area (Å²) in [6.45, 7) is 7.40. The quantitative estimate of drug-likeness (QED) is 0.546. The molecule has 32 heavy (non-hydrogen) atoms. The fourth-order valence-electron chi connectivity index (χ4n) is 3.04. The molecule has 3 aromatic rings. The molecule has 0 bridgehead atoms. The van der Waals surface area contributed by atoms with Crippen LogP contribution in [0.1, 0.15) is 47.3 Å². The molecule has 10 nitrogen and oxygen atoms in total. The van der Waals surface area contributed by atoms with Gasteiger partial charge in [-0.3, -0.25) is 4.79 Å². The number of nitrogens with zero attached hydrogens (tertiary/aromatic N) is 3. The van der Waals surface area contributed by atoms with Crippen LogP contribution in [-0.2, 0) is 4.74 Å². The average molecular weight is 440 g/mol. The Morgan fingerprint density at radius 1 is 1.19 bits per heavy atom. The van der Waals surface area contributed by atoms with Crippen molar-refractivity contribution < 1.29 is 28.3 Å². The van der Waals surface area contributed by atoms with Crippen LogP contribution in [0.5, 0.6) is 11.5 Å². The van der Waals surface area contributed by atoms with Gasteiger partial charge in [-0.2, -0.15) is 4.98 Å². The van der Waals surface area contributed by atoms with Gasteiger partial charge in [-0.1, -0.05) is 22.3 Å². The number of rotatable bonds is 7. The van der Waals surface area contributed by atoms with Crippen LogP contribution in [0, 0.1) is 13.8 Å². The van der Waals surface area contributed by atoms with Crippen LogP contribution < -0.4 is 14.8 Å². The SMILES string of the molecule is CCOC(=O)Oc1c(OC)ccnc1C(=O)N[C@@H](C)c1noc(-c2cc(C)cc(C)c2)n1. The number of aryl methyl sites for hydroxylation is 2. The van der Waals surface area contributed by atoms with E-state index in [0.717, 1.165) is 16.7 Å². The topological polar surface area (TPSA) is 126 Å². The summed E-state index contributed by atoms with van der Waals surface area (Å²) in [4.78, 5) is 33.1. The third-order valence-electron chi connectivity index (χ3n) is 4.40. The normalized spacial score (nSPS) is 11.5. The Morgan fingerprint density at radius 3 is 2.56 bits per heavy atom. The van der Waals surface area contributed by atoms with Crippen molar-refractivity contribution in [3.8, 4) is 23.0 Å². The highest BCUT2D eigenvalue weighted by atomic mass is 16.7. The lowest BCUT2D eigenvalue weighted by atomic mass is 10.1. The van der Waals surface area contributed by atoms with Crippen LogP contribution in [0.25, 0.3) is 11.5 Å². The van der Waals surface area contributed by atoms with Crippen molar-refractivity contribution in [2.75, 3.05) is 13.7 Å². The van der Waals surface area contributed by atoms with E-state index in [1.165, 1.54) is 19.4 Å². The third kappa shape index (κ3) is 5.20. The molecule has 0 saturated heterocycles. The van der Waals surface area contributed by atoms with E-state index >= 15 is 0 Å². The summed E-state index contributed by atoms with van der Waals surface area (Å²) < 4.78 is 20.5. The highest BCUT2D eigenvalue weighted by Gasteiger charge is 2.25. The van der Waals surface area contributed by atoms with Crippen molar-refractivity contribution in [1.82, 2.24) is 20.4 Å². The number of pyridine rings is 1. The van der Waals surface area contributed by atoms with E-state index in [4.69, 9.17) is 18.7 Å². The molecule has 0 aliphatic carbocycles. The Kier molecular flexibility index (Phi) is 7.04. The van der Waals surface area contributed by atoms with Crippen LogP contribution in [0.3, 0.4) is 0 Å². The zero-order chi connectivity index (χ0) is 23.3. The number of carbonyl (C=O) groups excluding carboxylic acids is 2. The van der Waals surface area contributed by atoms with E-state index in [-0.39, 0.29) is 29.6 Å². The van der Waals surface area contributed by atoms with Gasteiger partial charge in [0.2, 0.25) is 5.75 Å². The predicted octanol–water partition coefficient (Wildman–Crippen LogP) is 3.78. The molecule has 0 unspecified atom stereocenters. The zero-order valence-corrected chi connectivity index (χ0v) is 18.5. The van der Waals surface area contributed by atoms with E-state index in [9.17, 15) is 9.59 Å². The van der Waals surface area contributed by atoms with Crippen molar-refractivity contribution in [3.63, 3.8) is 0 Å². The molecule has 168 valence electrons. The number of aromatic nitrogens is 3. The molecule has 2 heterocycles. The van der Waals surface area contributed by atoms with E-state index in [1.807, 2.05) is 32.0 Å². The first-order valence-electron chi connectivity index (χ1n) is 9.93. The Morgan fingerprint density at radius 2 is 1.91 bits per heavy atom. The molecule has 1 atom stereocenters.